The van der Waals surface area contributed by atoms with Crippen molar-refractivity contribution in [3.63, 3.8) is 0 Å². The number of rotatable bonds is 5. The van der Waals surface area contributed by atoms with Crippen molar-refractivity contribution >= 4 is 0 Å². The van der Waals surface area contributed by atoms with Gasteiger partial charge in [-0.2, -0.15) is 5.26 Å². The van der Waals surface area contributed by atoms with Crippen molar-refractivity contribution in [3.8, 4) is 11.8 Å². The van der Waals surface area contributed by atoms with Crippen molar-refractivity contribution in [1.82, 2.24) is 4.57 Å². The van der Waals surface area contributed by atoms with E-state index in [1.165, 1.54) is 6.07 Å². The van der Waals surface area contributed by atoms with Crippen LogP contribution in [-0.4, -0.2) is 4.57 Å². The Labute approximate surface area is 117 Å². The third-order valence-electron chi connectivity index (χ3n) is 3.08. The molecule has 0 saturated carbocycles. The van der Waals surface area contributed by atoms with E-state index in [0.29, 0.717) is 25.3 Å². The quantitative estimate of drug-likeness (QED) is 0.837. The molecule has 0 amide bonds. The monoisotopic (exact) mass is 268 g/mol. The smallest absolute Gasteiger partial charge is 0.223 e. The molecule has 0 unspecified atom stereocenters. The van der Waals surface area contributed by atoms with Crippen molar-refractivity contribution in [1.29, 1.82) is 5.26 Å². The van der Waals surface area contributed by atoms with Crippen LogP contribution >= 0.6 is 0 Å². The van der Waals surface area contributed by atoms with Gasteiger partial charge in [-0.3, -0.25) is 4.79 Å². The second-order valence-corrected chi connectivity index (χ2v) is 4.47. The number of hydrogen-bond donors (Lipinski definition) is 0. The molecule has 4 nitrogen and oxygen atoms in total. The Morgan fingerprint density at radius 2 is 2.00 bits per heavy atom. The van der Waals surface area contributed by atoms with Crippen LogP contribution in [0.1, 0.15) is 17.7 Å². The fourth-order valence-electron chi connectivity index (χ4n) is 1.97. The molecule has 1 aromatic carbocycles. The fourth-order valence-corrected chi connectivity index (χ4v) is 1.97. The van der Waals surface area contributed by atoms with E-state index >= 15 is 0 Å². The van der Waals surface area contributed by atoms with Gasteiger partial charge in [0.15, 0.2) is 5.75 Å². The van der Waals surface area contributed by atoms with Crippen molar-refractivity contribution in [2.75, 3.05) is 0 Å². The highest BCUT2D eigenvalue weighted by atomic mass is 16.5. The maximum atomic E-state index is 11.9. The minimum absolute atomic E-state index is 0.133. The maximum absolute atomic E-state index is 11.9. The summed E-state index contributed by atoms with van der Waals surface area (Å²) >= 11 is 0. The lowest BCUT2D eigenvalue weighted by atomic mass is 10.2. The van der Waals surface area contributed by atoms with Crippen LogP contribution in [0.4, 0.5) is 0 Å². The normalized spacial score (nSPS) is 10.0. The second kappa shape index (κ2) is 6.58. The molecule has 0 aliphatic rings. The van der Waals surface area contributed by atoms with E-state index in [4.69, 9.17) is 10.00 Å². The zero-order valence-corrected chi connectivity index (χ0v) is 11.4. The summed E-state index contributed by atoms with van der Waals surface area (Å²) in [6.07, 6.45) is 2.10. The Bertz CT molecular complexity index is 669. The van der Waals surface area contributed by atoms with Gasteiger partial charge in [0.2, 0.25) is 5.43 Å². The van der Waals surface area contributed by atoms with E-state index in [2.05, 4.69) is 6.07 Å². The van der Waals surface area contributed by atoms with E-state index in [1.54, 1.807) is 6.20 Å². The molecule has 0 saturated heterocycles. The molecule has 0 radical (unpaired) electrons. The Hall–Kier alpha value is -2.54. The topological polar surface area (TPSA) is 55.0 Å². The van der Waals surface area contributed by atoms with Crippen LogP contribution < -0.4 is 10.2 Å². The van der Waals surface area contributed by atoms with Crippen LogP contribution in [0, 0.1) is 18.3 Å². The van der Waals surface area contributed by atoms with Gasteiger partial charge >= 0.3 is 0 Å². The van der Waals surface area contributed by atoms with Crippen molar-refractivity contribution in [2.24, 2.45) is 0 Å². The Balaban J connectivity index is 2.18. The van der Waals surface area contributed by atoms with Gasteiger partial charge in [0.05, 0.1) is 18.2 Å². The van der Waals surface area contributed by atoms with E-state index in [1.807, 2.05) is 41.8 Å². The highest BCUT2D eigenvalue weighted by Gasteiger charge is 2.08. The number of hydrogen-bond acceptors (Lipinski definition) is 3. The molecule has 0 atom stereocenters. The average molecular weight is 268 g/mol. The standard InChI is InChI=1S/C16H16N2O2/c1-13-16(20-12-14-6-3-2-4-7-14)15(19)8-11-18(13)10-5-9-17/h2-4,6-8,11H,5,10,12H2,1H3. The van der Waals surface area contributed by atoms with Crippen LogP contribution in [0.3, 0.4) is 0 Å². The van der Waals surface area contributed by atoms with Crippen LogP contribution in [-0.2, 0) is 13.2 Å². The van der Waals surface area contributed by atoms with E-state index in [-0.39, 0.29) is 5.43 Å². The number of benzene rings is 1. The third kappa shape index (κ3) is 3.27. The van der Waals surface area contributed by atoms with E-state index < -0.39 is 0 Å². The van der Waals surface area contributed by atoms with Crippen LogP contribution in [0.5, 0.6) is 5.75 Å². The van der Waals surface area contributed by atoms with Gasteiger partial charge in [0.1, 0.15) is 6.61 Å². The summed E-state index contributed by atoms with van der Waals surface area (Å²) in [5, 5.41) is 8.64. The largest absolute Gasteiger partial charge is 0.483 e. The molecule has 2 aromatic rings. The van der Waals surface area contributed by atoms with Crippen molar-refractivity contribution in [2.45, 2.75) is 26.5 Å². The van der Waals surface area contributed by atoms with E-state index in [9.17, 15) is 4.79 Å². The minimum Gasteiger partial charge on any atom is -0.483 e. The van der Waals surface area contributed by atoms with Crippen molar-refractivity contribution < 1.29 is 4.74 Å². The SMILES string of the molecule is Cc1c(OCc2ccccc2)c(=O)ccn1CCC#N. The first kappa shape index (κ1) is 13.9. The molecule has 0 bridgehead atoms. The van der Waals surface area contributed by atoms with Gasteiger partial charge in [-0.1, -0.05) is 30.3 Å². The van der Waals surface area contributed by atoms with Gasteiger partial charge < -0.3 is 9.30 Å². The third-order valence-corrected chi connectivity index (χ3v) is 3.08. The first-order chi connectivity index (χ1) is 9.72. The summed E-state index contributed by atoms with van der Waals surface area (Å²) in [7, 11) is 0. The second-order valence-electron chi connectivity index (χ2n) is 4.47. The van der Waals surface area contributed by atoms with Crippen LogP contribution in [0.15, 0.2) is 47.4 Å². The van der Waals surface area contributed by atoms with Crippen molar-refractivity contribution in [3.05, 3.63) is 64.1 Å². The Morgan fingerprint density at radius 1 is 1.25 bits per heavy atom. The first-order valence-corrected chi connectivity index (χ1v) is 6.46. The summed E-state index contributed by atoms with van der Waals surface area (Å²) in [6.45, 7) is 2.75. The van der Waals surface area contributed by atoms with Gasteiger partial charge in [0.25, 0.3) is 0 Å². The summed E-state index contributed by atoms with van der Waals surface area (Å²) in [6, 6.07) is 13.3. The molecule has 0 N–H and O–H groups in total. The highest BCUT2D eigenvalue weighted by Crippen LogP contribution is 2.14. The predicted octanol–water partition coefficient (Wildman–Crippen LogP) is 2.65. The number of aromatic nitrogens is 1. The van der Waals surface area contributed by atoms with Gasteiger partial charge in [-0.25, -0.2) is 0 Å². The predicted molar refractivity (Wildman–Crippen MR) is 76.4 cm³/mol. The Morgan fingerprint density at radius 3 is 2.70 bits per heavy atom. The fraction of sp³-hybridized carbons (Fsp3) is 0.250. The van der Waals surface area contributed by atoms with Crippen LogP contribution in [0.2, 0.25) is 0 Å². The lowest BCUT2D eigenvalue weighted by Gasteiger charge is -2.13. The molecule has 102 valence electrons. The number of nitrogens with zero attached hydrogens (tertiary/aromatic N) is 2. The molecular formula is C16H16N2O2. The summed E-state index contributed by atoms with van der Waals surface area (Å²) in [5.41, 5.74) is 1.63. The molecular weight excluding hydrogens is 252 g/mol. The molecule has 2 rings (SSSR count). The number of aryl methyl sites for hydroxylation is 1. The number of pyridine rings is 1. The molecule has 20 heavy (non-hydrogen) atoms. The Kier molecular flexibility index (Phi) is 4.56. The molecule has 0 fully saturated rings. The molecule has 4 heteroatoms. The molecule has 0 spiro atoms. The summed E-state index contributed by atoms with van der Waals surface area (Å²) in [4.78, 5) is 11.9. The van der Waals surface area contributed by atoms with Crippen LogP contribution in [0.25, 0.3) is 0 Å². The lowest BCUT2D eigenvalue weighted by Crippen LogP contribution is -2.14. The number of ether oxygens (including phenoxy) is 1. The first-order valence-electron chi connectivity index (χ1n) is 6.46. The van der Waals surface area contributed by atoms with Gasteiger partial charge in [-0.15, -0.1) is 0 Å². The minimum atomic E-state index is -0.133. The zero-order valence-electron chi connectivity index (χ0n) is 11.4. The molecule has 0 aliphatic carbocycles. The summed E-state index contributed by atoms with van der Waals surface area (Å²) < 4.78 is 7.52. The summed E-state index contributed by atoms with van der Waals surface area (Å²) in [5.74, 6) is 0.356. The lowest BCUT2D eigenvalue weighted by molar-refractivity contribution is 0.297. The zero-order chi connectivity index (χ0) is 14.4. The number of nitriles is 1. The molecule has 1 aromatic heterocycles. The van der Waals surface area contributed by atoms with Gasteiger partial charge in [-0.05, 0) is 12.5 Å². The highest BCUT2D eigenvalue weighted by molar-refractivity contribution is 5.28. The molecule has 0 aliphatic heterocycles. The maximum Gasteiger partial charge on any atom is 0.223 e. The average Bonchev–Trinajstić information content (AvgIpc) is 2.47. The molecule has 1 heterocycles. The van der Waals surface area contributed by atoms with Gasteiger partial charge in [0, 0.05) is 18.8 Å². The van der Waals surface area contributed by atoms with E-state index in [0.717, 1.165) is 11.3 Å².